The van der Waals surface area contributed by atoms with Gasteiger partial charge in [-0.25, -0.2) is 9.97 Å². The smallest absolute Gasteiger partial charge is 0.259 e. The van der Waals surface area contributed by atoms with Crippen LogP contribution < -0.4 is 10.1 Å². The number of likely N-dealkylation sites (tertiary alicyclic amines) is 1. The summed E-state index contributed by atoms with van der Waals surface area (Å²) in [7, 11) is 1.55. The summed E-state index contributed by atoms with van der Waals surface area (Å²) < 4.78 is 5.26. The van der Waals surface area contributed by atoms with E-state index in [9.17, 15) is 9.59 Å². The number of anilines is 1. The molecule has 0 spiro atoms. The number of carbonyl (C=O) groups excluding carboxylic acids is 2. The number of hydrogen-bond acceptors (Lipinski definition) is 5. The molecule has 0 bridgehead atoms. The Morgan fingerprint density at radius 2 is 2.04 bits per heavy atom. The molecule has 0 aliphatic carbocycles. The molecule has 1 aromatic carbocycles. The second kappa shape index (κ2) is 8.16. The van der Waals surface area contributed by atoms with Crippen molar-refractivity contribution >= 4 is 17.5 Å². The summed E-state index contributed by atoms with van der Waals surface area (Å²) >= 11 is 0. The topological polar surface area (TPSA) is 84.4 Å². The molecule has 1 saturated heterocycles. The second-order valence-electron chi connectivity index (χ2n) is 6.61. The molecule has 2 heterocycles. The highest BCUT2D eigenvalue weighted by molar-refractivity contribution is 6.05. The number of aryl methyl sites for hydroxylation is 1. The molecule has 0 saturated carbocycles. The Bertz CT molecular complexity index is 853. The maximum absolute atomic E-state index is 12.7. The fraction of sp³-hybridized carbons (Fsp3) is 0.400. The van der Waals surface area contributed by atoms with Gasteiger partial charge in [-0.15, -0.1) is 0 Å². The predicted octanol–water partition coefficient (Wildman–Crippen LogP) is 3.12. The van der Waals surface area contributed by atoms with Gasteiger partial charge in [-0.3, -0.25) is 9.59 Å². The molecule has 1 N–H and O–H groups in total. The summed E-state index contributed by atoms with van der Waals surface area (Å²) in [6.45, 7) is 4.07. The third-order valence-corrected chi connectivity index (χ3v) is 4.80. The Hall–Kier alpha value is -2.96. The first-order valence-corrected chi connectivity index (χ1v) is 9.06. The van der Waals surface area contributed by atoms with Crippen molar-refractivity contribution in [2.45, 2.75) is 39.2 Å². The number of aromatic nitrogens is 2. The van der Waals surface area contributed by atoms with Crippen molar-refractivity contribution in [3.63, 3.8) is 0 Å². The van der Waals surface area contributed by atoms with Gasteiger partial charge in [0.15, 0.2) is 5.82 Å². The number of piperidine rings is 1. The van der Waals surface area contributed by atoms with E-state index in [0.717, 1.165) is 25.8 Å². The quantitative estimate of drug-likeness (QED) is 0.896. The first kappa shape index (κ1) is 18.8. The summed E-state index contributed by atoms with van der Waals surface area (Å²) in [6, 6.07) is 7.09. The second-order valence-corrected chi connectivity index (χ2v) is 6.61. The Morgan fingerprint density at radius 3 is 2.74 bits per heavy atom. The van der Waals surface area contributed by atoms with Crippen LogP contribution in [0.2, 0.25) is 0 Å². The van der Waals surface area contributed by atoms with Crippen molar-refractivity contribution < 1.29 is 14.3 Å². The zero-order valence-electron chi connectivity index (χ0n) is 15.9. The van der Waals surface area contributed by atoms with Crippen LogP contribution in [0.15, 0.2) is 30.5 Å². The van der Waals surface area contributed by atoms with Gasteiger partial charge in [-0.1, -0.05) is 12.1 Å². The maximum atomic E-state index is 12.7. The highest BCUT2D eigenvalue weighted by Crippen LogP contribution is 2.29. The van der Waals surface area contributed by atoms with Crippen molar-refractivity contribution in [3.8, 4) is 5.75 Å². The van der Waals surface area contributed by atoms with Crippen molar-refractivity contribution in [3.05, 3.63) is 47.5 Å². The Balaban J connectivity index is 1.82. The SMILES string of the molecule is COc1ccccc1NC(=O)c1cnc([C@@H]2CCCCN2C(C)=O)nc1C. The highest BCUT2D eigenvalue weighted by atomic mass is 16.5. The van der Waals surface area contributed by atoms with E-state index in [1.807, 2.05) is 17.0 Å². The molecule has 142 valence electrons. The lowest BCUT2D eigenvalue weighted by Crippen LogP contribution is -2.38. The van der Waals surface area contributed by atoms with E-state index in [2.05, 4.69) is 15.3 Å². The number of ether oxygens (including phenoxy) is 1. The molecule has 7 heteroatoms. The number of para-hydroxylation sites is 2. The van der Waals surface area contributed by atoms with Gasteiger partial charge in [0.05, 0.1) is 30.1 Å². The molecule has 0 radical (unpaired) electrons. The first-order chi connectivity index (χ1) is 13.0. The van der Waals surface area contributed by atoms with Crippen LogP contribution in [-0.2, 0) is 4.79 Å². The van der Waals surface area contributed by atoms with Gasteiger partial charge in [0.2, 0.25) is 5.91 Å². The molecule has 1 aliphatic rings. The zero-order valence-corrected chi connectivity index (χ0v) is 15.9. The third-order valence-electron chi connectivity index (χ3n) is 4.80. The summed E-state index contributed by atoms with van der Waals surface area (Å²) in [6.07, 6.45) is 4.41. The van der Waals surface area contributed by atoms with Crippen LogP contribution in [0, 0.1) is 6.92 Å². The van der Waals surface area contributed by atoms with E-state index < -0.39 is 0 Å². The molecular weight excluding hydrogens is 344 g/mol. The van der Waals surface area contributed by atoms with E-state index in [1.165, 1.54) is 6.20 Å². The van der Waals surface area contributed by atoms with Gasteiger partial charge in [0.25, 0.3) is 5.91 Å². The molecule has 7 nitrogen and oxygen atoms in total. The largest absolute Gasteiger partial charge is 0.495 e. The standard InChI is InChI=1S/C20H24N4O3/c1-13-15(20(26)23-16-8-4-5-10-18(16)27-3)12-21-19(22-13)17-9-6-7-11-24(17)14(2)25/h4-5,8,10,12,17H,6-7,9,11H2,1-3H3,(H,23,26)/t17-/m0/s1. The summed E-state index contributed by atoms with van der Waals surface area (Å²) in [5.41, 5.74) is 1.57. The zero-order chi connectivity index (χ0) is 19.4. The van der Waals surface area contributed by atoms with E-state index in [1.54, 1.807) is 33.1 Å². The number of methoxy groups -OCH3 is 1. The van der Waals surface area contributed by atoms with Crippen molar-refractivity contribution in [1.29, 1.82) is 0 Å². The number of rotatable bonds is 4. The van der Waals surface area contributed by atoms with Crippen molar-refractivity contribution in [1.82, 2.24) is 14.9 Å². The monoisotopic (exact) mass is 368 g/mol. The van der Waals surface area contributed by atoms with E-state index >= 15 is 0 Å². The molecule has 0 unspecified atom stereocenters. The van der Waals surface area contributed by atoms with Crippen LogP contribution in [0.5, 0.6) is 5.75 Å². The Labute approximate surface area is 158 Å². The molecule has 2 aromatic rings. The first-order valence-electron chi connectivity index (χ1n) is 9.06. The van der Waals surface area contributed by atoms with Crippen LogP contribution in [0.25, 0.3) is 0 Å². The Morgan fingerprint density at radius 1 is 1.26 bits per heavy atom. The van der Waals surface area contributed by atoms with E-state index in [4.69, 9.17) is 4.74 Å². The van der Waals surface area contributed by atoms with Crippen LogP contribution in [0.3, 0.4) is 0 Å². The number of nitrogens with one attached hydrogen (secondary N) is 1. The van der Waals surface area contributed by atoms with Gasteiger partial charge in [-0.2, -0.15) is 0 Å². The fourth-order valence-electron chi connectivity index (χ4n) is 3.38. The molecule has 2 amide bonds. The van der Waals surface area contributed by atoms with Crippen molar-refractivity contribution in [2.75, 3.05) is 19.0 Å². The molecule has 1 aromatic heterocycles. The Kier molecular flexibility index (Phi) is 5.69. The van der Waals surface area contributed by atoms with Crippen LogP contribution in [0.4, 0.5) is 5.69 Å². The minimum absolute atomic E-state index is 0.0268. The average molecular weight is 368 g/mol. The van der Waals surface area contributed by atoms with Gasteiger partial charge < -0.3 is 15.0 Å². The number of hydrogen-bond donors (Lipinski definition) is 1. The molecule has 3 rings (SSSR count). The van der Waals surface area contributed by atoms with Gasteiger partial charge in [0, 0.05) is 19.7 Å². The average Bonchev–Trinajstić information content (AvgIpc) is 2.68. The predicted molar refractivity (Wildman–Crippen MR) is 102 cm³/mol. The van der Waals surface area contributed by atoms with Crippen LogP contribution in [-0.4, -0.2) is 40.3 Å². The molecular formula is C20H24N4O3. The van der Waals surface area contributed by atoms with Gasteiger partial charge in [0.1, 0.15) is 5.75 Å². The van der Waals surface area contributed by atoms with Crippen LogP contribution >= 0.6 is 0 Å². The number of benzene rings is 1. The summed E-state index contributed by atoms with van der Waals surface area (Å²) in [4.78, 5) is 35.3. The lowest BCUT2D eigenvalue weighted by atomic mass is 10.0. The minimum Gasteiger partial charge on any atom is -0.495 e. The summed E-state index contributed by atoms with van der Waals surface area (Å²) in [5, 5.41) is 2.84. The lowest BCUT2D eigenvalue weighted by molar-refractivity contribution is -0.132. The van der Waals surface area contributed by atoms with E-state index in [-0.39, 0.29) is 17.9 Å². The fourth-order valence-corrected chi connectivity index (χ4v) is 3.38. The summed E-state index contributed by atoms with van der Waals surface area (Å²) in [5.74, 6) is 0.908. The normalized spacial score (nSPS) is 16.7. The number of nitrogens with zero attached hydrogens (tertiary/aromatic N) is 3. The van der Waals surface area contributed by atoms with Crippen molar-refractivity contribution in [2.24, 2.45) is 0 Å². The molecule has 1 atom stereocenters. The number of amides is 2. The lowest BCUT2D eigenvalue weighted by Gasteiger charge is -2.34. The van der Waals surface area contributed by atoms with Gasteiger partial charge >= 0.3 is 0 Å². The molecule has 1 fully saturated rings. The molecule has 1 aliphatic heterocycles. The number of carbonyl (C=O) groups is 2. The third kappa shape index (κ3) is 4.07. The minimum atomic E-state index is -0.296. The highest BCUT2D eigenvalue weighted by Gasteiger charge is 2.28. The maximum Gasteiger partial charge on any atom is 0.259 e. The van der Waals surface area contributed by atoms with E-state index in [0.29, 0.717) is 28.5 Å². The van der Waals surface area contributed by atoms with Crippen LogP contribution in [0.1, 0.15) is 54.1 Å². The van der Waals surface area contributed by atoms with Gasteiger partial charge in [-0.05, 0) is 38.3 Å². The molecule has 27 heavy (non-hydrogen) atoms.